The van der Waals surface area contributed by atoms with Crippen LogP contribution in [0.25, 0.3) is 0 Å². The van der Waals surface area contributed by atoms with Crippen molar-refractivity contribution < 1.29 is 22.7 Å². The number of nitrogens with zero attached hydrogens (tertiary/aromatic N) is 1. The number of fused-ring (bicyclic) bond motifs is 1. The smallest absolute Gasteiger partial charge is 0.243 e. The van der Waals surface area contributed by atoms with Crippen LogP contribution in [-0.4, -0.2) is 45.9 Å². The van der Waals surface area contributed by atoms with Crippen molar-refractivity contribution in [3.05, 3.63) is 52.5 Å². The number of halogens is 2. The summed E-state index contributed by atoms with van der Waals surface area (Å²) in [7, 11) is -3.78. The van der Waals surface area contributed by atoms with Gasteiger partial charge in [0, 0.05) is 10.0 Å². The summed E-state index contributed by atoms with van der Waals surface area (Å²) < 4.78 is 37.1. The quantitative estimate of drug-likeness (QED) is 0.718. The van der Waals surface area contributed by atoms with Crippen LogP contribution in [0.5, 0.6) is 11.5 Å². The number of rotatable bonds is 6. The second kappa shape index (κ2) is 8.69. The molecule has 10 heteroatoms. The molecule has 156 valence electrons. The second-order valence-electron chi connectivity index (χ2n) is 6.61. The normalized spacial score (nSPS) is 16.8. The molecule has 0 radical (unpaired) electrons. The molecule has 0 saturated heterocycles. The number of nitrogens with one attached hydrogen (secondary N) is 1. The Hall–Kier alpha value is -2.16. The molecule has 1 heterocycles. The van der Waals surface area contributed by atoms with E-state index in [2.05, 4.69) is 5.32 Å². The van der Waals surface area contributed by atoms with Crippen LogP contribution < -0.4 is 19.1 Å². The Morgan fingerprint density at radius 3 is 2.45 bits per heavy atom. The number of benzene rings is 2. The number of sulfonamides is 1. The molecule has 0 aromatic heterocycles. The Morgan fingerprint density at radius 2 is 1.83 bits per heavy atom. The highest BCUT2D eigenvalue weighted by Gasteiger charge is 2.30. The van der Waals surface area contributed by atoms with E-state index in [4.69, 9.17) is 32.7 Å². The number of para-hydroxylation sites is 2. The number of anilines is 1. The minimum Gasteiger partial charge on any atom is -0.486 e. The van der Waals surface area contributed by atoms with Crippen molar-refractivity contribution in [1.29, 1.82) is 0 Å². The lowest BCUT2D eigenvalue weighted by Crippen LogP contribution is -2.50. The average Bonchev–Trinajstić information content (AvgIpc) is 2.64. The number of carbonyl (C=O) groups is 1. The van der Waals surface area contributed by atoms with Crippen molar-refractivity contribution in [2.24, 2.45) is 0 Å². The van der Waals surface area contributed by atoms with Crippen molar-refractivity contribution in [2.45, 2.75) is 19.1 Å². The minimum absolute atomic E-state index is 0.158. The first-order valence-electron chi connectivity index (χ1n) is 8.77. The summed E-state index contributed by atoms with van der Waals surface area (Å²) >= 11 is 12.0. The van der Waals surface area contributed by atoms with Crippen LogP contribution >= 0.6 is 23.2 Å². The fourth-order valence-electron chi connectivity index (χ4n) is 3.00. The molecule has 7 nitrogen and oxygen atoms in total. The van der Waals surface area contributed by atoms with Crippen LogP contribution in [0.4, 0.5) is 5.69 Å². The summed E-state index contributed by atoms with van der Waals surface area (Å²) in [6.07, 6.45) is 0.619. The predicted octanol–water partition coefficient (Wildman–Crippen LogP) is 3.10. The zero-order valence-corrected chi connectivity index (χ0v) is 18.1. The maximum atomic E-state index is 12.7. The molecule has 1 N–H and O–H groups in total. The lowest BCUT2D eigenvalue weighted by atomic mass is 10.2. The van der Waals surface area contributed by atoms with Crippen LogP contribution in [0, 0.1) is 0 Å². The van der Waals surface area contributed by atoms with Crippen LogP contribution in [-0.2, 0) is 14.8 Å². The van der Waals surface area contributed by atoms with Crippen molar-refractivity contribution in [3.63, 3.8) is 0 Å². The van der Waals surface area contributed by atoms with Gasteiger partial charge in [0.1, 0.15) is 18.8 Å². The number of hydrogen-bond donors (Lipinski definition) is 1. The molecule has 0 fully saturated rings. The number of amides is 1. The fourth-order valence-corrected chi connectivity index (χ4v) is 4.67. The summed E-state index contributed by atoms with van der Waals surface area (Å²) in [4.78, 5) is 12.7. The molecule has 2 aromatic rings. The van der Waals surface area contributed by atoms with E-state index in [1.54, 1.807) is 12.1 Å². The van der Waals surface area contributed by atoms with E-state index >= 15 is 0 Å². The van der Waals surface area contributed by atoms with Crippen molar-refractivity contribution in [1.82, 2.24) is 5.32 Å². The van der Waals surface area contributed by atoms with Gasteiger partial charge in [-0.3, -0.25) is 9.10 Å². The second-order valence-corrected chi connectivity index (χ2v) is 9.34. The van der Waals surface area contributed by atoms with Crippen LogP contribution in [0.15, 0.2) is 42.5 Å². The first-order valence-corrected chi connectivity index (χ1v) is 11.4. The van der Waals surface area contributed by atoms with Gasteiger partial charge in [0.25, 0.3) is 0 Å². The van der Waals surface area contributed by atoms with E-state index in [0.717, 1.165) is 10.6 Å². The van der Waals surface area contributed by atoms with Crippen LogP contribution in [0.1, 0.15) is 6.92 Å². The topological polar surface area (TPSA) is 84.9 Å². The number of ether oxygens (including phenoxy) is 2. The van der Waals surface area contributed by atoms with E-state index < -0.39 is 28.1 Å². The van der Waals surface area contributed by atoms with Gasteiger partial charge in [-0.05, 0) is 37.3 Å². The Balaban J connectivity index is 1.70. The minimum atomic E-state index is -3.78. The summed E-state index contributed by atoms with van der Waals surface area (Å²) in [6.45, 7) is 1.91. The molecule has 0 aliphatic carbocycles. The monoisotopic (exact) mass is 458 g/mol. The third kappa shape index (κ3) is 5.26. The Kier molecular flexibility index (Phi) is 6.45. The Bertz CT molecular complexity index is 995. The van der Waals surface area contributed by atoms with Crippen LogP contribution in [0.2, 0.25) is 10.0 Å². The van der Waals surface area contributed by atoms with Gasteiger partial charge in [-0.25, -0.2) is 8.42 Å². The van der Waals surface area contributed by atoms with Gasteiger partial charge in [0.05, 0.1) is 18.5 Å². The lowest BCUT2D eigenvalue weighted by molar-refractivity contribution is -0.122. The third-order valence-corrected chi connectivity index (χ3v) is 5.94. The maximum Gasteiger partial charge on any atom is 0.243 e. The lowest BCUT2D eigenvalue weighted by Gasteiger charge is -2.30. The van der Waals surface area contributed by atoms with Gasteiger partial charge in [-0.1, -0.05) is 35.3 Å². The number of hydrogen-bond acceptors (Lipinski definition) is 5. The standard InChI is InChI=1S/C19H20Cl2N2O5S/c1-12(23(29(2,25)26)15-8-13(20)7-14(21)9-15)19(24)22-10-16-11-27-17-5-3-4-6-18(17)28-16/h3-9,12,16H,10-11H2,1-2H3,(H,22,24)/t12-,16+/m0/s1. The highest BCUT2D eigenvalue weighted by atomic mass is 35.5. The van der Waals surface area contributed by atoms with Gasteiger partial charge >= 0.3 is 0 Å². The molecule has 2 aromatic carbocycles. The molecule has 2 atom stereocenters. The first kappa shape index (κ1) is 21.5. The molecule has 29 heavy (non-hydrogen) atoms. The van der Waals surface area contributed by atoms with Crippen molar-refractivity contribution in [2.75, 3.05) is 23.7 Å². The largest absolute Gasteiger partial charge is 0.486 e. The van der Waals surface area contributed by atoms with Gasteiger partial charge in [0.2, 0.25) is 15.9 Å². The Morgan fingerprint density at radius 1 is 1.21 bits per heavy atom. The molecule has 3 rings (SSSR count). The zero-order chi connectivity index (χ0) is 21.2. The van der Waals surface area contributed by atoms with Gasteiger partial charge in [0.15, 0.2) is 11.5 Å². The maximum absolute atomic E-state index is 12.7. The summed E-state index contributed by atoms with van der Waals surface area (Å²) in [6, 6.07) is 10.6. The van der Waals surface area contributed by atoms with E-state index in [1.807, 2.05) is 12.1 Å². The molecule has 1 aliphatic heterocycles. The van der Waals surface area contributed by atoms with Gasteiger partial charge < -0.3 is 14.8 Å². The van der Waals surface area contributed by atoms with Crippen molar-refractivity contribution >= 4 is 44.8 Å². The van der Waals surface area contributed by atoms with E-state index in [9.17, 15) is 13.2 Å². The van der Waals surface area contributed by atoms with E-state index in [1.165, 1.54) is 25.1 Å². The molecule has 0 unspecified atom stereocenters. The number of carbonyl (C=O) groups excluding carboxylic acids is 1. The molecular weight excluding hydrogens is 439 g/mol. The SMILES string of the molecule is C[C@@H](C(=O)NC[C@@H]1COc2ccccc2O1)N(c1cc(Cl)cc(Cl)c1)S(C)(=O)=O. The molecule has 0 saturated carbocycles. The average molecular weight is 459 g/mol. The van der Waals surface area contributed by atoms with E-state index in [-0.39, 0.29) is 28.9 Å². The third-order valence-electron chi connectivity index (χ3n) is 4.26. The molecule has 0 bridgehead atoms. The van der Waals surface area contributed by atoms with Crippen molar-refractivity contribution in [3.8, 4) is 11.5 Å². The van der Waals surface area contributed by atoms with Gasteiger partial charge in [-0.15, -0.1) is 0 Å². The highest BCUT2D eigenvalue weighted by molar-refractivity contribution is 7.92. The summed E-state index contributed by atoms with van der Waals surface area (Å²) in [5.41, 5.74) is 0.207. The molecular formula is C19H20Cl2N2O5S. The van der Waals surface area contributed by atoms with Crippen LogP contribution in [0.3, 0.4) is 0 Å². The molecule has 1 aliphatic rings. The Labute approximate surface area is 179 Å². The first-order chi connectivity index (χ1) is 13.6. The fraction of sp³-hybridized carbons (Fsp3) is 0.316. The van der Waals surface area contributed by atoms with Gasteiger partial charge in [-0.2, -0.15) is 0 Å². The molecule has 0 spiro atoms. The van der Waals surface area contributed by atoms with E-state index in [0.29, 0.717) is 11.5 Å². The summed E-state index contributed by atoms with van der Waals surface area (Å²) in [5, 5.41) is 3.25. The predicted molar refractivity (Wildman–Crippen MR) is 113 cm³/mol. The zero-order valence-electron chi connectivity index (χ0n) is 15.8. The molecule has 1 amide bonds. The highest BCUT2D eigenvalue weighted by Crippen LogP contribution is 2.31. The summed E-state index contributed by atoms with van der Waals surface area (Å²) in [5.74, 6) is 0.746.